The van der Waals surface area contributed by atoms with E-state index in [0.29, 0.717) is 27.8 Å². The van der Waals surface area contributed by atoms with Crippen LogP contribution in [0.25, 0.3) is 5.57 Å². The molecule has 7 nitrogen and oxygen atoms in total. The molecule has 0 aromatic carbocycles. The molecule has 0 bridgehead atoms. The van der Waals surface area contributed by atoms with Crippen LogP contribution in [-0.2, 0) is 6.42 Å². The number of fused-ring (bicyclic) bond motifs is 1. The van der Waals surface area contributed by atoms with Gasteiger partial charge in [0.25, 0.3) is 0 Å². The predicted octanol–water partition coefficient (Wildman–Crippen LogP) is 1.62. The highest BCUT2D eigenvalue weighted by Gasteiger charge is 2.29. The monoisotopic (exact) mass is 278 g/mol. The van der Waals surface area contributed by atoms with Crippen molar-refractivity contribution in [3.8, 4) is 23.5 Å². The molecule has 0 saturated heterocycles. The Morgan fingerprint density at radius 2 is 1.90 bits per heavy atom. The molecule has 0 radical (unpaired) electrons. The molecule has 2 aromatic heterocycles. The summed E-state index contributed by atoms with van der Waals surface area (Å²) in [6, 6.07) is 1.26. The van der Waals surface area contributed by atoms with Crippen LogP contribution in [-0.4, -0.2) is 35.3 Å². The van der Waals surface area contributed by atoms with Crippen LogP contribution >= 0.6 is 0 Å². The summed E-state index contributed by atoms with van der Waals surface area (Å²) >= 11 is 0. The molecule has 106 valence electrons. The van der Waals surface area contributed by atoms with Crippen LogP contribution in [0.3, 0.4) is 0 Å². The first-order valence-corrected chi connectivity index (χ1v) is 6.04. The lowest BCUT2D eigenvalue weighted by atomic mass is 9.84. The molecule has 0 aliphatic heterocycles. The zero-order valence-corrected chi connectivity index (χ0v) is 10.6. The summed E-state index contributed by atoms with van der Waals surface area (Å²) in [5.41, 5.74) is 2.16. The molecule has 2 aromatic rings. The minimum absolute atomic E-state index is 0.100. The van der Waals surface area contributed by atoms with Crippen LogP contribution in [0, 0.1) is 0 Å². The molecular weight excluding hydrogens is 264 g/mol. The first-order valence-electron chi connectivity index (χ1n) is 6.04. The van der Waals surface area contributed by atoms with E-state index in [4.69, 9.17) is 0 Å². The van der Waals surface area contributed by atoms with Crippen molar-refractivity contribution >= 4 is 5.57 Å². The summed E-state index contributed by atoms with van der Waals surface area (Å²) in [6.45, 7) is 1.77. The lowest BCUT2D eigenvalue weighted by Gasteiger charge is -2.19. The molecule has 0 fully saturated rings. The maximum Gasteiger partial charge on any atom is 0.232 e. The van der Waals surface area contributed by atoms with Crippen molar-refractivity contribution < 1.29 is 25.6 Å². The van der Waals surface area contributed by atoms with Gasteiger partial charge in [0.2, 0.25) is 11.8 Å². The van der Waals surface area contributed by atoms with E-state index in [-0.39, 0.29) is 17.7 Å². The number of hydrogen-bond donors (Lipinski definition) is 6. The molecule has 3 rings (SSSR count). The van der Waals surface area contributed by atoms with Gasteiger partial charge < -0.3 is 25.6 Å². The van der Waals surface area contributed by atoms with Crippen molar-refractivity contribution in [2.45, 2.75) is 19.3 Å². The van der Waals surface area contributed by atoms with Crippen molar-refractivity contribution in [1.82, 2.24) is 9.71 Å². The van der Waals surface area contributed by atoms with Crippen molar-refractivity contribution in [2.24, 2.45) is 0 Å². The molecule has 0 spiro atoms. The van der Waals surface area contributed by atoms with Gasteiger partial charge in [0, 0.05) is 28.7 Å². The van der Waals surface area contributed by atoms with Crippen molar-refractivity contribution in [1.29, 1.82) is 0 Å². The number of H-pyrrole nitrogens is 1. The van der Waals surface area contributed by atoms with E-state index < -0.39 is 11.8 Å². The molecule has 1 atom stereocenters. The summed E-state index contributed by atoms with van der Waals surface area (Å²) in [6.07, 6.45) is 2.12. The summed E-state index contributed by atoms with van der Waals surface area (Å²) in [7, 11) is 0. The Labute approximate surface area is 113 Å². The van der Waals surface area contributed by atoms with Crippen molar-refractivity contribution in [3.63, 3.8) is 0 Å². The SMILES string of the molecule is CC1=CC(c2cc(O)n(O)c2O)Cc2c(O)[nH]c(O)c21. The topological polar surface area (TPSA) is 122 Å². The molecule has 20 heavy (non-hydrogen) atoms. The number of aromatic hydroxyl groups is 4. The molecule has 0 saturated carbocycles. The van der Waals surface area contributed by atoms with Crippen LogP contribution in [0.5, 0.6) is 23.5 Å². The van der Waals surface area contributed by atoms with E-state index in [1.807, 2.05) is 0 Å². The number of aromatic amines is 1. The summed E-state index contributed by atoms with van der Waals surface area (Å²) in [5.74, 6) is -1.46. The fourth-order valence-corrected chi connectivity index (χ4v) is 2.77. The molecule has 6 N–H and O–H groups in total. The number of rotatable bonds is 1. The summed E-state index contributed by atoms with van der Waals surface area (Å²) in [4.78, 5) is 2.46. The van der Waals surface area contributed by atoms with Gasteiger partial charge in [-0.05, 0) is 18.9 Å². The average molecular weight is 278 g/mol. The van der Waals surface area contributed by atoms with Gasteiger partial charge in [0.1, 0.15) is 0 Å². The molecule has 2 heterocycles. The van der Waals surface area contributed by atoms with E-state index in [9.17, 15) is 25.6 Å². The third-order valence-corrected chi connectivity index (χ3v) is 3.69. The van der Waals surface area contributed by atoms with Crippen molar-refractivity contribution in [2.75, 3.05) is 0 Å². The van der Waals surface area contributed by atoms with Gasteiger partial charge in [0.15, 0.2) is 11.8 Å². The van der Waals surface area contributed by atoms with E-state index in [2.05, 4.69) is 4.98 Å². The second kappa shape index (κ2) is 3.89. The van der Waals surface area contributed by atoms with Crippen molar-refractivity contribution in [3.05, 3.63) is 28.8 Å². The predicted molar refractivity (Wildman–Crippen MR) is 69.2 cm³/mol. The fraction of sp³-hybridized carbons (Fsp3) is 0.231. The molecule has 1 unspecified atom stereocenters. The minimum atomic E-state index is -0.463. The third-order valence-electron chi connectivity index (χ3n) is 3.69. The Bertz CT molecular complexity index is 726. The lowest BCUT2D eigenvalue weighted by molar-refractivity contribution is 0.130. The van der Waals surface area contributed by atoms with E-state index in [1.165, 1.54) is 6.07 Å². The Hall–Kier alpha value is -2.70. The smallest absolute Gasteiger partial charge is 0.232 e. The van der Waals surface area contributed by atoms with Crippen LogP contribution in [0.15, 0.2) is 12.1 Å². The number of aromatic nitrogens is 2. The Kier molecular flexibility index (Phi) is 2.40. The lowest BCUT2D eigenvalue weighted by Crippen LogP contribution is -2.06. The highest BCUT2D eigenvalue weighted by atomic mass is 16.5. The minimum Gasteiger partial charge on any atom is -0.494 e. The Morgan fingerprint density at radius 1 is 1.20 bits per heavy atom. The third kappa shape index (κ3) is 1.52. The molecule has 1 aliphatic carbocycles. The Balaban J connectivity index is 2.09. The van der Waals surface area contributed by atoms with E-state index in [1.54, 1.807) is 13.0 Å². The van der Waals surface area contributed by atoms with Crippen LogP contribution in [0.1, 0.15) is 29.5 Å². The molecular formula is C13H14N2O5. The van der Waals surface area contributed by atoms with Gasteiger partial charge in [-0.25, -0.2) is 0 Å². The standard InChI is InChI=1S/C13H14N2O5/c1-5-2-6(7-4-9(16)15(20)13(7)19)3-8-10(5)12(18)14-11(8)17/h2,4,6,14,16-20H,3H2,1H3. The first-order chi connectivity index (χ1) is 9.40. The van der Waals surface area contributed by atoms with Gasteiger partial charge in [-0.2, -0.15) is 0 Å². The van der Waals surface area contributed by atoms with Gasteiger partial charge in [-0.15, -0.1) is 4.73 Å². The maximum atomic E-state index is 9.78. The van der Waals surface area contributed by atoms with Gasteiger partial charge in [-0.3, -0.25) is 4.98 Å². The maximum absolute atomic E-state index is 9.78. The highest BCUT2D eigenvalue weighted by molar-refractivity contribution is 5.76. The second-order valence-electron chi connectivity index (χ2n) is 4.93. The number of nitrogens with one attached hydrogen (secondary N) is 1. The van der Waals surface area contributed by atoms with Gasteiger partial charge in [0.05, 0.1) is 0 Å². The Morgan fingerprint density at radius 3 is 2.50 bits per heavy atom. The average Bonchev–Trinajstić information content (AvgIpc) is 2.82. The largest absolute Gasteiger partial charge is 0.494 e. The second-order valence-corrected chi connectivity index (χ2v) is 4.93. The zero-order chi connectivity index (χ0) is 14.6. The van der Waals surface area contributed by atoms with Gasteiger partial charge in [-0.1, -0.05) is 6.08 Å². The number of allylic oxidation sites excluding steroid dienone is 2. The number of nitrogens with zero attached hydrogens (tertiary/aromatic N) is 1. The molecule has 7 heteroatoms. The molecule has 0 amide bonds. The first kappa shape index (κ1) is 12.3. The normalized spacial score (nSPS) is 17.9. The summed E-state index contributed by atoms with van der Waals surface area (Å²) in [5, 5.41) is 48.1. The highest BCUT2D eigenvalue weighted by Crippen LogP contribution is 2.45. The quantitative estimate of drug-likeness (QED) is 0.443. The van der Waals surface area contributed by atoms with Gasteiger partial charge >= 0.3 is 0 Å². The summed E-state index contributed by atoms with van der Waals surface area (Å²) < 4.78 is 0.294. The zero-order valence-electron chi connectivity index (χ0n) is 10.6. The van der Waals surface area contributed by atoms with E-state index in [0.717, 1.165) is 5.57 Å². The number of hydrogen-bond acceptors (Lipinski definition) is 5. The molecule has 1 aliphatic rings. The van der Waals surface area contributed by atoms with E-state index >= 15 is 0 Å². The van der Waals surface area contributed by atoms with Crippen LogP contribution < -0.4 is 0 Å². The van der Waals surface area contributed by atoms with Crippen LogP contribution in [0.4, 0.5) is 0 Å². The fourth-order valence-electron chi connectivity index (χ4n) is 2.77. The van der Waals surface area contributed by atoms with Crippen LogP contribution in [0.2, 0.25) is 0 Å².